The topological polar surface area (TPSA) is 182 Å². The number of nitrogens with zero attached hydrogens (tertiary/aromatic N) is 3. The van der Waals surface area contributed by atoms with Gasteiger partial charge in [0.05, 0.1) is 0 Å². The number of nitrogens with two attached hydrogens (primary N) is 2. The lowest BCUT2D eigenvalue weighted by Gasteiger charge is -2.28. The first-order chi connectivity index (χ1) is 20.8. The number of halogens is 1. The highest BCUT2D eigenvalue weighted by atomic mass is 35.5. The van der Waals surface area contributed by atoms with Gasteiger partial charge in [0.2, 0.25) is 23.5 Å². The molecule has 0 saturated heterocycles. The summed E-state index contributed by atoms with van der Waals surface area (Å²) >= 11 is 6.46. The number of primary amides is 1. The molecule has 222 valence electrons. The number of anilines is 1. The number of H-pyrrole nitrogens is 1. The van der Waals surface area contributed by atoms with Gasteiger partial charge in [-0.1, -0.05) is 35.9 Å². The van der Waals surface area contributed by atoms with Crippen LogP contribution in [0.5, 0.6) is 0 Å². The van der Waals surface area contributed by atoms with Crippen molar-refractivity contribution in [1.82, 2.24) is 25.9 Å². The zero-order valence-electron chi connectivity index (χ0n) is 23.4. The maximum atomic E-state index is 13.6. The Hall–Kier alpha value is -4.61. The maximum absolute atomic E-state index is 13.6. The molecular formula is C31H33ClN8O3. The Balaban J connectivity index is 1.36. The average molecular weight is 601 g/mol. The number of aromatic amines is 1. The second kappa shape index (κ2) is 13.6. The number of nitrogens with one attached hydrogen (secondary N) is 3. The third-order valence-electron chi connectivity index (χ3n) is 7.87. The molecule has 3 aromatic carbocycles. The van der Waals surface area contributed by atoms with Gasteiger partial charge < -0.3 is 22.1 Å². The number of rotatable bonds is 10. The van der Waals surface area contributed by atoms with Gasteiger partial charge in [0.25, 0.3) is 0 Å². The fourth-order valence-electron chi connectivity index (χ4n) is 5.38. The van der Waals surface area contributed by atoms with Crippen LogP contribution in [0.2, 0.25) is 5.02 Å². The van der Waals surface area contributed by atoms with E-state index in [-0.39, 0.29) is 24.2 Å². The zero-order valence-corrected chi connectivity index (χ0v) is 24.2. The molecule has 1 fully saturated rings. The Bertz CT molecular complexity index is 1590. The molecule has 5 rings (SSSR count). The molecule has 1 heterocycles. The largest absolute Gasteiger partial charge is 0.366 e. The van der Waals surface area contributed by atoms with Crippen LogP contribution < -0.4 is 22.1 Å². The lowest BCUT2D eigenvalue weighted by atomic mass is 9.81. The summed E-state index contributed by atoms with van der Waals surface area (Å²) in [5, 5.41) is 20.3. The van der Waals surface area contributed by atoms with Gasteiger partial charge in [-0.15, -0.1) is 10.2 Å². The first-order valence-electron chi connectivity index (χ1n) is 14.1. The number of carbonyl (C=O) groups is 3. The number of amides is 3. The molecule has 1 aliphatic rings. The molecule has 1 saturated carbocycles. The lowest BCUT2D eigenvalue weighted by molar-refractivity contribution is -0.130. The van der Waals surface area contributed by atoms with E-state index in [1.54, 1.807) is 42.5 Å². The minimum Gasteiger partial charge on any atom is -0.366 e. The predicted octanol–water partition coefficient (Wildman–Crippen LogP) is 3.72. The van der Waals surface area contributed by atoms with Crippen molar-refractivity contribution in [3.63, 3.8) is 0 Å². The van der Waals surface area contributed by atoms with Crippen LogP contribution in [-0.4, -0.2) is 50.9 Å². The number of hydrogen-bond acceptors (Lipinski definition) is 7. The Morgan fingerprint density at radius 1 is 0.977 bits per heavy atom. The molecule has 1 aliphatic carbocycles. The molecule has 0 aliphatic heterocycles. The smallest absolute Gasteiger partial charge is 0.248 e. The molecule has 7 N–H and O–H groups in total. The second-order valence-corrected chi connectivity index (χ2v) is 11.2. The zero-order chi connectivity index (χ0) is 30.3. The van der Waals surface area contributed by atoms with E-state index in [9.17, 15) is 14.4 Å². The van der Waals surface area contributed by atoms with Crippen LogP contribution >= 0.6 is 11.6 Å². The number of carbonyl (C=O) groups excluding carboxylic acids is 3. The van der Waals surface area contributed by atoms with Crippen LogP contribution in [0.25, 0.3) is 22.5 Å². The number of hydrogen-bond donors (Lipinski definition) is 5. The van der Waals surface area contributed by atoms with Gasteiger partial charge in [0, 0.05) is 39.7 Å². The Morgan fingerprint density at radius 3 is 2.42 bits per heavy atom. The van der Waals surface area contributed by atoms with Crippen LogP contribution in [-0.2, 0) is 16.0 Å². The quantitative estimate of drug-likeness (QED) is 0.184. The minimum absolute atomic E-state index is 0.142. The van der Waals surface area contributed by atoms with E-state index in [2.05, 4.69) is 31.3 Å². The molecule has 0 spiro atoms. The number of tetrazole rings is 1. The highest BCUT2D eigenvalue weighted by molar-refractivity contribution is 6.33. The molecule has 0 bridgehead atoms. The van der Waals surface area contributed by atoms with Gasteiger partial charge in [-0.05, 0) is 97.0 Å². The molecular weight excluding hydrogens is 568 g/mol. The minimum atomic E-state index is -0.848. The summed E-state index contributed by atoms with van der Waals surface area (Å²) < 4.78 is 0. The molecule has 0 radical (unpaired) electrons. The van der Waals surface area contributed by atoms with E-state index in [4.69, 9.17) is 23.1 Å². The van der Waals surface area contributed by atoms with E-state index in [0.717, 1.165) is 42.4 Å². The molecule has 1 aromatic heterocycles. The molecule has 1 atom stereocenters. The fraction of sp³-hybridized carbons (Fsp3) is 0.290. The second-order valence-electron chi connectivity index (χ2n) is 10.8. The van der Waals surface area contributed by atoms with Crippen molar-refractivity contribution >= 4 is 35.0 Å². The number of aromatic nitrogens is 4. The monoisotopic (exact) mass is 600 g/mol. The van der Waals surface area contributed by atoms with Crippen molar-refractivity contribution in [3.05, 3.63) is 82.9 Å². The van der Waals surface area contributed by atoms with Crippen molar-refractivity contribution in [2.24, 2.45) is 23.3 Å². The van der Waals surface area contributed by atoms with Gasteiger partial charge in [-0.25, -0.2) is 0 Å². The van der Waals surface area contributed by atoms with Gasteiger partial charge >= 0.3 is 0 Å². The molecule has 3 amide bonds. The summed E-state index contributed by atoms with van der Waals surface area (Å²) in [5.41, 5.74) is 15.1. The van der Waals surface area contributed by atoms with E-state index in [1.165, 1.54) is 0 Å². The van der Waals surface area contributed by atoms with Crippen LogP contribution in [0.1, 0.15) is 41.6 Å². The number of benzene rings is 3. The highest BCUT2D eigenvalue weighted by Crippen LogP contribution is 2.31. The van der Waals surface area contributed by atoms with Gasteiger partial charge in [-0.2, -0.15) is 5.21 Å². The van der Waals surface area contributed by atoms with E-state index in [1.807, 2.05) is 24.3 Å². The van der Waals surface area contributed by atoms with Gasteiger partial charge in [0.1, 0.15) is 6.04 Å². The summed E-state index contributed by atoms with van der Waals surface area (Å²) in [7, 11) is 0. The maximum Gasteiger partial charge on any atom is 0.248 e. The first kappa shape index (κ1) is 29.9. The molecule has 1 unspecified atom stereocenters. The fourth-order valence-corrected chi connectivity index (χ4v) is 5.60. The van der Waals surface area contributed by atoms with Crippen molar-refractivity contribution < 1.29 is 14.4 Å². The predicted molar refractivity (Wildman–Crippen MR) is 164 cm³/mol. The Labute approximate surface area is 253 Å². The average Bonchev–Trinajstić information content (AvgIpc) is 3.56. The van der Waals surface area contributed by atoms with E-state index >= 15 is 0 Å². The third-order valence-corrected chi connectivity index (χ3v) is 8.20. The van der Waals surface area contributed by atoms with E-state index < -0.39 is 11.9 Å². The summed E-state index contributed by atoms with van der Waals surface area (Å²) in [5.74, 6) is -0.352. The van der Waals surface area contributed by atoms with Gasteiger partial charge in [-0.3, -0.25) is 14.4 Å². The van der Waals surface area contributed by atoms with E-state index in [0.29, 0.717) is 40.1 Å². The van der Waals surface area contributed by atoms with Crippen molar-refractivity contribution in [3.8, 4) is 22.5 Å². The summed E-state index contributed by atoms with van der Waals surface area (Å²) in [4.78, 5) is 38.7. The summed E-state index contributed by atoms with van der Waals surface area (Å²) in [6.07, 6.45) is 3.50. The lowest BCUT2D eigenvalue weighted by Crippen LogP contribution is -2.48. The summed E-state index contributed by atoms with van der Waals surface area (Å²) in [6, 6.07) is 18.5. The summed E-state index contributed by atoms with van der Waals surface area (Å²) in [6.45, 7) is 0.619. The van der Waals surface area contributed by atoms with Crippen LogP contribution in [0.3, 0.4) is 0 Å². The SMILES string of the molecule is NCC1CCC(C(=O)NC(Cc2cccc(-c3cc(C(N)=O)ccc3Cl)c2)C(=O)Nc2ccc(-c3nn[nH]n3)cc2)CC1. The molecule has 11 nitrogen and oxygen atoms in total. The molecule has 4 aromatic rings. The molecule has 12 heteroatoms. The third kappa shape index (κ3) is 7.43. The normalized spacial score (nSPS) is 17.2. The Morgan fingerprint density at radius 2 is 1.74 bits per heavy atom. The standard InChI is InChI=1S/C31H33ClN8O3/c32-26-13-10-23(28(34)41)16-25(26)22-3-1-2-19(14-22)15-27(36-30(42)21-6-4-18(17-33)5-7-21)31(43)35-24-11-8-20(9-12-24)29-37-39-40-38-29/h1-3,8-14,16,18,21,27H,4-7,15,17,33H2,(H2,34,41)(H,35,43)(H,36,42)(H,37,38,39,40). The van der Waals surface area contributed by atoms with Crippen molar-refractivity contribution in [2.75, 3.05) is 11.9 Å². The van der Waals surface area contributed by atoms with Crippen molar-refractivity contribution in [1.29, 1.82) is 0 Å². The van der Waals surface area contributed by atoms with Crippen molar-refractivity contribution in [2.45, 2.75) is 38.1 Å². The molecule has 43 heavy (non-hydrogen) atoms. The first-order valence-corrected chi connectivity index (χ1v) is 14.5. The van der Waals surface area contributed by atoms with Crippen LogP contribution in [0.15, 0.2) is 66.7 Å². The van der Waals surface area contributed by atoms with Gasteiger partial charge in [0.15, 0.2) is 0 Å². The Kier molecular flexibility index (Phi) is 9.43. The van der Waals surface area contributed by atoms with Crippen LogP contribution in [0.4, 0.5) is 5.69 Å². The van der Waals surface area contributed by atoms with Crippen LogP contribution in [0, 0.1) is 11.8 Å². The highest BCUT2D eigenvalue weighted by Gasteiger charge is 2.29.